The molecule has 0 saturated heterocycles. The molecule has 3 aromatic carbocycles. The van der Waals surface area contributed by atoms with Crippen molar-refractivity contribution in [3.05, 3.63) is 89.5 Å². The quantitative estimate of drug-likeness (QED) is 0.160. The van der Waals surface area contributed by atoms with Crippen LogP contribution in [-0.2, 0) is 3.07 Å². The molecule has 0 bridgehead atoms. The van der Waals surface area contributed by atoms with Gasteiger partial charge in [0.2, 0.25) is 17.8 Å². The fourth-order valence-electron chi connectivity index (χ4n) is 3.06. The molecule has 0 amide bonds. The van der Waals surface area contributed by atoms with Crippen LogP contribution in [0.1, 0.15) is 31.1 Å². The number of carbonyl (C=O) groups excluding carboxylic acids is 1. The Morgan fingerprint density at radius 3 is 1.14 bits per heavy atom. The molecule has 0 spiro atoms. The topological polar surface area (TPSA) is 176 Å². The van der Waals surface area contributed by atoms with Crippen molar-refractivity contribution in [2.75, 3.05) is 16.0 Å². The number of hydrogen-bond donors (Lipinski definition) is 5. The molecule has 37 heavy (non-hydrogen) atoms. The summed E-state index contributed by atoms with van der Waals surface area (Å²) >= 11 is 1.51. The number of anilines is 6. The minimum absolute atomic E-state index is 0.130. The zero-order chi connectivity index (χ0) is 26.4. The number of carboxylic acid groups (broad SMARTS) is 2. The van der Waals surface area contributed by atoms with E-state index in [2.05, 4.69) is 34.0 Å². The molecule has 0 aliphatic rings. The minimum atomic E-state index is -1.05. The monoisotopic (exact) mass is 612 g/mol. The van der Waals surface area contributed by atoms with Crippen LogP contribution in [0.3, 0.4) is 0 Å². The smallest absolute Gasteiger partial charge is 0.347 e. The lowest BCUT2D eigenvalue weighted by molar-refractivity contribution is 0.0686. The third-order valence-electron chi connectivity index (χ3n) is 4.86. The SMILES string of the molecule is O=C(O)c1ccc(Nc2nc(Nc3ccc(C(=O)O)cc3)nc(Nc3ccc(C(=O)OI)cc3)n2)cc1. The van der Waals surface area contributed by atoms with Crippen molar-refractivity contribution in [3.63, 3.8) is 0 Å². The average Bonchev–Trinajstić information content (AvgIpc) is 2.89. The van der Waals surface area contributed by atoms with Crippen LogP contribution in [0.25, 0.3) is 0 Å². The van der Waals surface area contributed by atoms with E-state index in [1.54, 1.807) is 48.5 Å². The van der Waals surface area contributed by atoms with E-state index in [-0.39, 0.29) is 29.0 Å². The number of rotatable bonds is 9. The first kappa shape index (κ1) is 25.3. The van der Waals surface area contributed by atoms with Gasteiger partial charge < -0.3 is 29.2 Å². The summed E-state index contributed by atoms with van der Waals surface area (Å²) in [5.41, 5.74) is 2.30. The molecule has 5 N–H and O–H groups in total. The van der Waals surface area contributed by atoms with Gasteiger partial charge in [-0.3, -0.25) is 0 Å². The van der Waals surface area contributed by atoms with E-state index in [0.29, 0.717) is 22.6 Å². The summed E-state index contributed by atoms with van der Waals surface area (Å²) in [7, 11) is 0. The van der Waals surface area contributed by atoms with Gasteiger partial charge in [0.15, 0.2) is 23.0 Å². The van der Waals surface area contributed by atoms with Gasteiger partial charge in [0.25, 0.3) is 0 Å². The Balaban J connectivity index is 1.62. The predicted octanol–water partition coefficient (Wildman–Crippen LogP) is 5.01. The molecule has 0 radical (unpaired) electrons. The third-order valence-corrected chi connectivity index (χ3v) is 5.26. The van der Waals surface area contributed by atoms with Crippen LogP contribution in [0, 0.1) is 0 Å². The van der Waals surface area contributed by atoms with Crippen LogP contribution in [0.5, 0.6) is 0 Å². The van der Waals surface area contributed by atoms with Crippen molar-refractivity contribution in [2.24, 2.45) is 0 Å². The van der Waals surface area contributed by atoms with Crippen LogP contribution in [0.2, 0.25) is 0 Å². The van der Waals surface area contributed by atoms with Crippen molar-refractivity contribution in [2.45, 2.75) is 0 Å². The Bertz CT molecular complexity index is 1370. The Kier molecular flexibility index (Phi) is 7.73. The number of carbonyl (C=O) groups is 3. The molecule has 0 aliphatic heterocycles. The predicted molar refractivity (Wildman–Crippen MR) is 142 cm³/mol. The molecular formula is C24H17IN6O6. The zero-order valence-electron chi connectivity index (χ0n) is 18.7. The Morgan fingerprint density at radius 2 is 0.865 bits per heavy atom. The number of aromatic nitrogens is 3. The highest BCUT2D eigenvalue weighted by Gasteiger charge is 2.11. The third kappa shape index (κ3) is 6.66. The highest BCUT2D eigenvalue weighted by molar-refractivity contribution is 14.1. The van der Waals surface area contributed by atoms with Crippen molar-refractivity contribution >= 4 is 75.8 Å². The summed E-state index contributed by atoms with van der Waals surface area (Å²) in [5.74, 6) is -2.11. The summed E-state index contributed by atoms with van der Waals surface area (Å²) in [4.78, 5) is 47.0. The van der Waals surface area contributed by atoms with Crippen molar-refractivity contribution in [1.82, 2.24) is 15.0 Å². The van der Waals surface area contributed by atoms with Gasteiger partial charge in [-0.15, -0.1) is 0 Å². The number of aromatic carboxylic acids is 2. The molecule has 0 aliphatic carbocycles. The Hall–Kier alpha value is -4.79. The molecule has 4 aromatic rings. The van der Waals surface area contributed by atoms with Crippen molar-refractivity contribution < 1.29 is 27.7 Å². The second kappa shape index (κ2) is 11.3. The van der Waals surface area contributed by atoms with Crippen LogP contribution in [0.4, 0.5) is 34.9 Å². The number of halogens is 1. The van der Waals surface area contributed by atoms with Gasteiger partial charge in [0.05, 0.1) is 16.7 Å². The van der Waals surface area contributed by atoms with Crippen molar-refractivity contribution in [3.8, 4) is 0 Å². The molecule has 4 rings (SSSR count). The van der Waals surface area contributed by atoms with Gasteiger partial charge in [-0.25, -0.2) is 14.4 Å². The van der Waals surface area contributed by atoms with E-state index >= 15 is 0 Å². The second-order valence-corrected chi connectivity index (χ2v) is 7.83. The van der Waals surface area contributed by atoms with Gasteiger partial charge >= 0.3 is 17.9 Å². The van der Waals surface area contributed by atoms with Gasteiger partial charge in [-0.1, -0.05) is 0 Å². The molecule has 0 fully saturated rings. The van der Waals surface area contributed by atoms with Crippen LogP contribution < -0.4 is 16.0 Å². The number of hydrogen-bond acceptors (Lipinski definition) is 10. The largest absolute Gasteiger partial charge is 0.478 e. The maximum atomic E-state index is 11.7. The lowest BCUT2D eigenvalue weighted by atomic mass is 10.2. The second-order valence-electron chi connectivity index (χ2n) is 7.39. The molecule has 1 heterocycles. The molecule has 0 atom stereocenters. The Morgan fingerprint density at radius 1 is 0.568 bits per heavy atom. The number of nitrogens with zero attached hydrogens (tertiary/aromatic N) is 3. The summed E-state index contributed by atoms with van der Waals surface area (Å²) in [6, 6.07) is 18.5. The molecule has 0 unspecified atom stereocenters. The normalized spacial score (nSPS) is 10.3. The number of nitrogens with one attached hydrogen (secondary N) is 3. The molecule has 0 saturated carbocycles. The zero-order valence-corrected chi connectivity index (χ0v) is 20.8. The first-order valence-electron chi connectivity index (χ1n) is 10.5. The number of carboxylic acids is 2. The van der Waals surface area contributed by atoms with Crippen LogP contribution in [-0.4, -0.2) is 43.1 Å². The molecule has 1 aromatic heterocycles. The van der Waals surface area contributed by atoms with Crippen LogP contribution in [0.15, 0.2) is 72.8 Å². The summed E-state index contributed by atoms with van der Waals surface area (Å²) in [5, 5.41) is 27.2. The maximum absolute atomic E-state index is 11.7. The van der Waals surface area contributed by atoms with Gasteiger partial charge in [-0.05, 0) is 72.8 Å². The highest BCUT2D eigenvalue weighted by Crippen LogP contribution is 2.22. The highest BCUT2D eigenvalue weighted by atomic mass is 127. The Labute approximate surface area is 223 Å². The first-order valence-corrected chi connectivity index (χ1v) is 11.4. The van der Waals surface area contributed by atoms with Gasteiger partial charge in [0.1, 0.15) is 0 Å². The maximum Gasteiger partial charge on any atom is 0.347 e. The van der Waals surface area contributed by atoms with E-state index in [4.69, 9.17) is 10.2 Å². The lowest BCUT2D eigenvalue weighted by Crippen LogP contribution is -2.08. The molecule has 186 valence electrons. The molecule has 13 heteroatoms. The van der Waals surface area contributed by atoms with Crippen LogP contribution >= 0.6 is 23.0 Å². The standard InChI is InChI=1S/C24H17IN6O6/c25-37-21(36)15-5-11-18(12-6-15)28-24-30-22(26-16-7-1-13(2-8-16)19(32)33)29-23(31-24)27-17-9-3-14(4-10-17)20(34)35/h1-12H,(H,32,33)(H,34,35)(H3,26,27,28,29,30,31). The van der Waals surface area contributed by atoms with E-state index in [0.717, 1.165) is 0 Å². The fraction of sp³-hybridized carbons (Fsp3) is 0. The summed E-state index contributed by atoms with van der Waals surface area (Å²) in [6.45, 7) is 0. The molecular weight excluding hydrogens is 595 g/mol. The van der Waals surface area contributed by atoms with E-state index in [9.17, 15) is 14.4 Å². The van der Waals surface area contributed by atoms with E-state index in [1.165, 1.54) is 47.3 Å². The lowest BCUT2D eigenvalue weighted by Gasteiger charge is -2.12. The molecule has 12 nitrogen and oxygen atoms in total. The van der Waals surface area contributed by atoms with Crippen molar-refractivity contribution in [1.29, 1.82) is 0 Å². The number of benzene rings is 3. The summed E-state index contributed by atoms with van der Waals surface area (Å²) in [6.07, 6.45) is 0. The van der Waals surface area contributed by atoms with Gasteiger partial charge in [0, 0.05) is 17.1 Å². The van der Waals surface area contributed by atoms with E-state index in [1.807, 2.05) is 0 Å². The fourth-order valence-corrected chi connectivity index (χ4v) is 3.31. The average molecular weight is 612 g/mol. The first-order chi connectivity index (χ1) is 17.8. The van der Waals surface area contributed by atoms with E-state index < -0.39 is 17.9 Å². The van der Waals surface area contributed by atoms with Gasteiger partial charge in [-0.2, -0.15) is 15.0 Å². The summed E-state index contributed by atoms with van der Waals surface area (Å²) < 4.78 is 4.68. The minimum Gasteiger partial charge on any atom is -0.478 e.